The zero-order valence-electron chi connectivity index (χ0n) is 16.5. The number of aliphatic hydroxyl groups excluding tert-OH is 1. The number of likely N-dealkylation sites (tertiary alicyclic amines) is 1. The summed E-state index contributed by atoms with van der Waals surface area (Å²) in [4.78, 5) is 17.0. The van der Waals surface area contributed by atoms with Gasteiger partial charge in [0.1, 0.15) is 12.4 Å². The molecule has 0 radical (unpaired) electrons. The highest BCUT2D eigenvalue weighted by Crippen LogP contribution is 2.24. The number of aliphatic hydroxyl groups is 1. The van der Waals surface area contributed by atoms with Gasteiger partial charge in [-0.1, -0.05) is 19.4 Å². The van der Waals surface area contributed by atoms with Crippen LogP contribution in [0.25, 0.3) is 0 Å². The quantitative estimate of drug-likeness (QED) is 0.802. The highest BCUT2D eigenvalue weighted by molar-refractivity contribution is 5.74. The number of carbonyl (C=O) groups excluding carboxylic acids is 1. The number of urea groups is 1. The Hall–Kier alpha value is -1.79. The number of hydrogen-bond donors (Lipinski definition) is 2. The highest BCUT2D eigenvalue weighted by atomic mass is 16.5. The Balaban J connectivity index is 1.47. The largest absolute Gasteiger partial charge is 0.491 e. The molecule has 1 saturated heterocycles. The van der Waals surface area contributed by atoms with E-state index >= 15 is 0 Å². The number of nitrogens with zero attached hydrogens (tertiary/aromatic N) is 2. The number of amides is 2. The number of carbonyl (C=O) groups is 1. The Bertz CT molecular complexity index is 615. The maximum atomic E-state index is 12.7. The number of piperidine rings is 1. The van der Waals surface area contributed by atoms with Crippen LogP contribution >= 0.6 is 0 Å². The van der Waals surface area contributed by atoms with E-state index in [-0.39, 0.29) is 12.6 Å². The van der Waals surface area contributed by atoms with Gasteiger partial charge in [-0.25, -0.2) is 4.79 Å². The predicted molar refractivity (Wildman–Crippen MR) is 106 cm³/mol. The van der Waals surface area contributed by atoms with Crippen molar-refractivity contribution in [1.29, 1.82) is 0 Å². The van der Waals surface area contributed by atoms with Crippen LogP contribution in [0.3, 0.4) is 0 Å². The summed E-state index contributed by atoms with van der Waals surface area (Å²) in [5, 5.41) is 12.5. The van der Waals surface area contributed by atoms with Crippen molar-refractivity contribution in [2.24, 2.45) is 5.92 Å². The first kappa shape index (κ1) is 20.0. The molecule has 6 heteroatoms. The Morgan fingerprint density at radius 3 is 2.85 bits per heavy atom. The molecule has 27 heavy (non-hydrogen) atoms. The molecule has 1 fully saturated rings. The lowest BCUT2D eigenvalue weighted by atomic mass is 9.96. The molecule has 0 aliphatic carbocycles. The molecule has 6 nitrogen and oxygen atoms in total. The third-order valence-electron chi connectivity index (χ3n) is 5.65. The minimum atomic E-state index is -0.0192. The van der Waals surface area contributed by atoms with Crippen LogP contribution in [0, 0.1) is 5.92 Å². The van der Waals surface area contributed by atoms with Crippen LogP contribution < -0.4 is 10.1 Å². The molecule has 3 rings (SSSR count). The average Bonchev–Trinajstić information content (AvgIpc) is 2.93. The molecule has 0 atom stereocenters. The molecule has 0 aromatic heterocycles. The predicted octanol–water partition coefficient (Wildman–Crippen LogP) is 2.60. The molecule has 1 aromatic rings. The molecule has 0 spiro atoms. The molecule has 2 aliphatic rings. The lowest BCUT2D eigenvalue weighted by Gasteiger charge is -2.32. The van der Waals surface area contributed by atoms with E-state index in [1.54, 1.807) is 0 Å². The van der Waals surface area contributed by atoms with E-state index in [0.29, 0.717) is 25.6 Å². The number of fused-ring (bicyclic) bond motifs is 1. The molecule has 150 valence electrons. The fourth-order valence-electron chi connectivity index (χ4n) is 3.86. The summed E-state index contributed by atoms with van der Waals surface area (Å²) < 4.78 is 5.76. The lowest BCUT2D eigenvalue weighted by Crippen LogP contribution is -2.44. The second-order valence-electron chi connectivity index (χ2n) is 7.69. The maximum absolute atomic E-state index is 12.7. The standard InChI is InChI=1S/C21H33N3O3/c1-2-3-8-23-9-6-17(7-10-23)14-22-21(26)24-11-12-27-20-5-4-18(16-25)13-19(20)15-24/h4-5,13,17,25H,2-3,6-12,14-16H2,1H3,(H,22,26). The van der Waals surface area contributed by atoms with E-state index in [1.807, 2.05) is 23.1 Å². The fraction of sp³-hybridized carbons (Fsp3) is 0.667. The molecular formula is C21H33N3O3. The van der Waals surface area contributed by atoms with Crippen LogP contribution in [0.2, 0.25) is 0 Å². The van der Waals surface area contributed by atoms with E-state index in [9.17, 15) is 9.90 Å². The van der Waals surface area contributed by atoms with E-state index in [1.165, 1.54) is 19.4 Å². The van der Waals surface area contributed by atoms with Gasteiger partial charge in [-0.3, -0.25) is 0 Å². The topological polar surface area (TPSA) is 65.0 Å². The molecule has 2 aliphatic heterocycles. The van der Waals surface area contributed by atoms with Gasteiger partial charge >= 0.3 is 6.03 Å². The van der Waals surface area contributed by atoms with Gasteiger partial charge in [0.05, 0.1) is 19.7 Å². The summed E-state index contributed by atoms with van der Waals surface area (Å²) in [6.45, 7) is 8.07. The van der Waals surface area contributed by atoms with Crippen LogP contribution in [-0.4, -0.2) is 60.3 Å². The van der Waals surface area contributed by atoms with Crippen LogP contribution in [0.1, 0.15) is 43.7 Å². The van der Waals surface area contributed by atoms with Crippen molar-refractivity contribution < 1.29 is 14.6 Å². The Morgan fingerprint density at radius 2 is 2.11 bits per heavy atom. The molecule has 0 bridgehead atoms. The van der Waals surface area contributed by atoms with Crippen molar-refractivity contribution in [3.05, 3.63) is 29.3 Å². The van der Waals surface area contributed by atoms with Gasteiger partial charge < -0.3 is 25.0 Å². The summed E-state index contributed by atoms with van der Waals surface area (Å²) in [7, 11) is 0. The normalized spacial score (nSPS) is 18.5. The molecular weight excluding hydrogens is 342 g/mol. The Labute approximate surface area is 162 Å². The number of ether oxygens (including phenoxy) is 1. The van der Waals surface area contributed by atoms with E-state index in [4.69, 9.17) is 4.74 Å². The number of unbranched alkanes of at least 4 members (excludes halogenated alkanes) is 1. The molecule has 0 unspecified atom stereocenters. The van der Waals surface area contributed by atoms with Gasteiger partial charge in [0, 0.05) is 12.1 Å². The third kappa shape index (κ3) is 5.59. The van der Waals surface area contributed by atoms with Crippen LogP contribution in [0.15, 0.2) is 18.2 Å². The maximum Gasteiger partial charge on any atom is 0.317 e. The van der Waals surface area contributed by atoms with Crippen molar-refractivity contribution in [3.63, 3.8) is 0 Å². The van der Waals surface area contributed by atoms with Gasteiger partial charge in [0.15, 0.2) is 0 Å². The minimum Gasteiger partial charge on any atom is -0.491 e. The zero-order chi connectivity index (χ0) is 19.1. The van der Waals surface area contributed by atoms with Gasteiger partial charge in [0.25, 0.3) is 0 Å². The molecule has 0 saturated carbocycles. The van der Waals surface area contributed by atoms with E-state index < -0.39 is 0 Å². The zero-order valence-corrected chi connectivity index (χ0v) is 16.5. The second kappa shape index (κ2) is 9.95. The van der Waals surface area contributed by atoms with Crippen LogP contribution in [0.5, 0.6) is 5.75 Å². The third-order valence-corrected chi connectivity index (χ3v) is 5.65. The summed E-state index contributed by atoms with van der Waals surface area (Å²) in [6.07, 6.45) is 4.85. The van der Waals surface area contributed by atoms with Gasteiger partial charge in [-0.15, -0.1) is 0 Å². The lowest BCUT2D eigenvalue weighted by molar-refractivity contribution is 0.168. The van der Waals surface area contributed by atoms with Crippen molar-refractivity contribution in [1.82, 2.24) is 15.1 Å². The van der Waals surface area contributed by atoms with Crippen molar-refractivity contribution >= 4 is 6.03 Å². The highest BCUT2D eigenvalue weighted by Gasteiger charge is 2.23. The fourth-order valence-corrected chi connectivity index (χ4v) is 3.86. The van der Waals surface area contributed by atoms with Crippen molar-refractivity contribution in [3.8, 4) is 5.75 Å². The van der Waals surface area contributed by atoms with E-state index in [0.717, 1.165) is 49.4 Å². The average molecular weight is 376 g/mol. The van der Waals surface area contributed by atoms with Crippen molar-refractivity contribution in [2.45, 2.75) is 45.8 Å². The van der Waals surface area contributed by atoms with E-state index in [2.05, 4.69) is 17.1 Å². The summed E-state index contributed by atoms with van der Waals surface area (Å²) in [5.41, 5.74) is 1.80. The number of hydrogen-bond acceptors (Lipinski definition) is 4. The number of nitrogens with one attached hydrogen (secondary N) is 1. The van der Waals surface area contributed by atoms with Gasteiger partial charge in [-0.2, -0.15) is 0 Å². The molecule has 2 heterocycles. The first-order chi connectivity index (χ1) is 13.2. The van der Waals surface area contributed by atoms with Gasteiger partial charge in [-0.05, 0) is 62.5 Å². The minimum absolute atomic E-state index is 0.00354. The second-order valence-corrected chi connectivity index (χ2v) is 7.69. The Kier molecular flexibility index (Phi) is 7.35. The first-order valence-electron chi connectivity index (χ1n) is 10.3. The smallest absolute Gasteiger partial charge is 0.317 e. The van der Waals surface area contributed by atoms with Crippen LogP contribution in [0.4, 0.5) is 4.79 Å². The monoisotopic (exact) mass is 375 g/mol. The summed E-state index contributed by atoms with van der Waals surface area (Å²) in [6, 6.07) is 5.65. The van der Waals surface area contributed by atoms with Crippen LogP contribution in [-0.2, 0) is 13.2 Å². The molecule has 2 N–H and O–H groups in total. The number of benzene rings is 1. The first-order valence-corrected chi connectivity index (χ1v) is 10.3. The molecule has 1 aromatic carbocycles. The number of rotatable bonds is 6. The Morgan fingerprint density at radius 1 is 1.30 bits per heavy atom. The van der Waals surface area contributed by atoms with Gasteiger partial charge in [0.2, 0.25) is 0 Å². The summed E-state index contributed by atoms with van der Waals surface area (Å²) in [5.74, 6) is 1.38. The molecule has 2 amide bonds. The van der Waals surface area contributed by atoms with Crippen molar-refractivity contribution in [2.75, 3.05) is 39.3 Å². The SMILES string of the molecule is CCCCN1CCC(CNC(=O)N2CCOc3ccc(CO)cc3C2)CC1. The summed E-state index contributed by atoms with van der Waals surface area (Å²) >= 11 is 0.